The first-order valence-corrected chi connectivity index (χ1v) is 6.33. The number of hydrogen-bond donors (Lipinski definition) is 2. The Morgan fingerprint density at radius 1 is 1.28 bits per heavy atom. The third kappa shape index (κ3) is 2.47. The van der Waals surface area contributed by atoms with Crippen LogP contribution in [0.25, 0.3) is 5.57 Å². The van der Waals surface area contributed by atoms with Gasteiger partial charge in [0.05, 0.1) is 11.0 Å². The second-order valence-corrected chi connectivity index (χ2v) is 5.08. The molecular formula is C13H13NO3S. The maximum atomic E-state index is 11.5. The first kappa shape index (κ1) is 12.9. The molecule has 18 heavy (non-hydrogen) atoms. The zero-order chi connectivity index (χ0) is 13.3. The van der Waals surface area contributed by atoms with Gasteiger partial charge in [-0.25, -0.2) is 0 Å². The minimum Gasteiger partial charge on any atom is -0.389 e. The SMILES string of the molecule is C/C(=C1/SC(=O)NC1=O)c1ccc(C(C)O)cc1. The van der Waals surface area contributed by atoms with E-state index in [4.69, 9.17) is 0 Å². The Morgan fingerprint density at radius 3 is 2.33 bits per heavy atom. The van der Waals surface area contributed by atoms with Gasteiger partial charge >= 0.3 is 0 Å². The number of allylic oxidation sites excluding steroid dienone is 1. The van der Waals surface area contributed by atoms with Crippen LogP contribution in [0.15, 0.2) is 29.2 Å². The van der Waals surface area contributed by atoms with Crippen LogP contribution in [-0.2, 0) is 4.79 Å². The number of benzene rings is 1. The highest BCUT2D eigenvalue weighted by Crippen LogP contribution is 2.31. The van der Waals surface area contributed by atoms with Crippen LogP contribution in [0.5, 0.6) is 0 Å². The van der Waals surface area contributed by atoms with Crippen LogP contribution in [0, 0.1) is 0 Å². The van der Waals surface area contributed by atoms with Crippen LogP contribution in [0.1, 0.15) is 31.1 Å². The summed E-state index contributed by atoms with van der Waals surface area (Å²) in [5.74, 6) is -0.345. The molecule has 1 aromatic carbocycles. The molecule has 94 valence electrons. The molecule has 0 saturated carbocycles. The van der Waals surface area contributed by atoms with Crippen molar-refractivity contribution in [3.63, 3.8) is 0 Å². The quantitative estimate of drug-likeness (QED) is 0.804. The van der Waals surface area contributed by atoms with Crippen molar-refractivity contribution in [3.8, 4) is 0 Å². The number of aliphatic hydroxyl groups is 1. The summed E-state index contributed by atoms with van der Waals surface area (Å²) in [6, 6.07) is 7.29. The van der Waals surface area contributed by atoms with Gasteiger partial charge in [-0.15, -0.1) is 0 Å². The predicted octanol–water partition coefficient (Wildman–Crippen LogP) is 2.45. The molecule has 0 bridgehead atoms. The molecule has 1 aliphatic rings. The number of carbonyl (C=O) groups is 2. The van der Waals surface area contributed by atoms with E-state index in [1.807, 2.05) is 24.3 Å². The summed E-state index contributed by atoms with van der Waals surface area (Å²) in [6.45, 7) is 3.50. The molecule has 2 amide bonds. The molecule has 1 heterocycles. The van der Waals surface area contributed by atoms with Gasteiger partial charge in [-0.2, -0.15) is 0 Å². The van der Waals surface area contributed by atoms with Crippen LogP contribution in [-0.4, -0.2) is 16.3 Å². The number of amides is 2. The number of rotatable bonds is 2. The molecule has 0 spiro atoms. The molecule has 2 rings (SSSR count). The summed E-state index contributed by atoms with van der Waals surface area (Å²) in [6.07, 6.45) is -0.516. The van der Waals surface area contributed by atoms with E-state index in [-0.39, 0.29) is 11.1 Å². The highest BCUT2D eigenvalue weighted by atomic mass is 32.2. The Hall–Kier alpha value is -1.59. The van der Waals surface area contributed by atoms with E-state index in [2.05, 4.69) is 5.32 Å². The second kappa shape index (κ2) is 4.96. The minimum absolute atomic E-state index is 0.338. The molecule has 1 aromatic rings. The molecule has 0 radical (unpaired) electrons. The van der Waals surface area contributed by atoms with Gasteiger partial charge in [0.25, 0.3) is 11.1 Å². The third-order valence-electron chi connectivity index (χ3n) is 2.78. The molecule has 1 saturated heterocycles. The average Bonchev–Trinajstić information content (AvgIpc) is 2.67. The summed E-state index contributed by atoms with van der Waals surface area (Å²) in [5.41, 5.74) is 2.45. The molecule has 1 unspecified atom stereocenters. The average molecular weight is 263 g/mol. The van der Waals surface area contributed by atoms with E-state index in [0.717, 1.165) is 28.5 Å². The van der Waals surface area contributed by atoms with Crippen molar-refractivity contribution in [1.29, 1.82) is 0 Å². The van der Waals surface area contributed by atoms with Crippen molar-refractivity contribution in [3.05, 3.63) is 40.3 Å². The van der Waals surface area contributed by atoms with Gasteiger partial charge in [0.2, 0.25) is 0 Å². The molecule has 2 N–H and O–H groups in total. The first-order chi connectivity index (χ1) is 8.49. The molecule has 1 atom stereocenters. The van der Waals surface area contributed by atoms with Crippen molar-refractivity contribution >= 4 is 28.5 Å². The second-order valence-electron chi connectivity index (χ2n) is 4.10. The lowest BCUT2D eigenvalue weighted by atomic mass is 10.0. The third-order valence-corrected chi connectivity index (χ3v) is 3.77. The molecule has 5 heteroatoms. The van der Waals surface area contributed by atoms with Crippen molar-refractivity contribution < 1.29 is 14.7 Å². The lowest BCUT2D eigenvalue weighted by Crippen LogP contribution is -2.18. The van der Waals surface area contributed by atoms with Gasteiger partial charge in [-0.3, -0.25) is 14.9 Å². The van der Waals surface area contributed by atoms with Gasteiger partial charge < -0.3 is 5.11 Å². The van der Waals surface area contributed by atoms with Crippen LogP contribution >= 0.6 is 11.8 Å². The van der Waals surface area contributed by atoms with Crippen molar-refractivity contribution in [2.45, 2.75) is 20.0 Å². The molecule has 0 aliphatic carbocycles. The van der Waals surface area contributed by atoms with Crippen molar-refractivity contribution in [2.24, 2.45) is 0 Å². The molecular weight excluding hydrogens is 250 g/mol. The largest absolute Gasteiger partial charge is 0.389 e. The summed E-state index contributed by atoms with van der Waals surface area (Å²) < 4.78 is 0. The summed E-state index contributed by atoms with van der Waals surface area (Å²) in [5, 5.41) is 11.3. The smallest absolute Gasteiger partial charge is 0.290 e. The van der Waals surface area contributed by atoms with Crippen LogP contribution in [0.4, 0.5) is 4.79 Å². The van der Waals surface area contributed by atoms with Gasteiger partial charge in [0.15, 0.2) is 0 Å². The topological polar surface area (TPSA) is 66.4 Å². The molecule has 0 aromatic heterocycles. The maximum absolute atomic E-state index is 11.5. The van der Waals surface area contributed by atoms with Crippen LogP contribution in [0.3, 0.4) is 0 Å². The molecule has 1 fully saturated rings. The molecule has 4 nitrogen and oxygen atoms in total. The zero-order valence-corrected chi connectivity index (χ0v) is 10.9. The van der Waals surface area contributed by atoms with Crippen LogP contribution < -0.4 is 5.32 Å². The lowest BCUT2D eigenvalue weighted by Gasteiger charge is -2.07. The number of hydrogen-bond acceptors (Lipinski definition) is 4. The zero-order valence-electron chi connectivity index (χ0n) is 10.1. The van der Waals surface area contributed by atoms with E-state index in [1.165, 1.54) is 0 Å². The fourth-order valence-electron chi connectivity index (χ4n) is 1.70. The van der Waals surface area contributed by atoms with Crippen molar-refractivity contribution in [2.75, 3.05) is 0 Å². The standard InChI is InChI=1S/C13H13NO3S/c1-7(11-12(16)14-13(17)18-11)9-3-5-10(6-4-9)8(2)15/h3-6,8,15H,1-2H3,(H,14,16,17)/b11-7-. The number of aliphatic hydroxyl groups excluding tert-OH is 1. The van der Waals surface area contributed by atoms with Gasteiger partial charge in [0.1, 0.15) is 0 Å². The van der Waals surface area contributed by atoms with E-state index in [9.17, 15) is 14.7 Å². The Kier molecular flexibility index (Phi) is 3.54. The fraction of sp³-hybridized carbons (Fsp3) is 0.231. The number of imide groups is 1. The highest BCUT2D eigenvalue weighted by Gasteiger charge is 2.27. The van der Waals surface area contributed by atoms with Crippen LogP contribution in [0.2, 0.25) is 0 Å². The predicted molar refractivity (Wildman–Crippen MR) is 70.8 cm³/mol. The van der Waals surface area contributed by atoms with E-state index in [1.54, 1.807) is 13.8 Å². The van der Waals surface area contributed by atoms with E-state index < -0.39 is 6.10 Å². The summed E-state index contributed by atoms with van der Waals surface area (Å²) >= 11 is 0.918. The number of nitrogens with one attached hydrogen (secondary N) is 1. The minimum atomic E-state index is -0.516. The van der Waals surface area contributed by atoms with Crippen molar-refractivity contribution in [1.82, 2.24) is 5.32 Å². The Labute approximate surface area is 109 Å². The Balaban J connectivity index is 2.34. The maximum Gasteiger partial charge on any atom is 0.290 e. The monoisotopic (exact) mass is 263 g/mol. The fourth-order valence-corrected chi connectivity index (χ4v) is 2.45. The Bertz CT molecular complexity index is 532. The van der Waals surface area contributed by atoms with Gasteiger partial charge in [0, 0.05) is 0 Å². The van der Waals surface area contributed by atoms with E-state index in [0.29, 0.717) is 4.91 Å². The van der Waals surface area contributed by atoms with Gasteiger partial charge in [-0.1, -0.05) is 24.3 Å². The summed E-state index contributed by atoms with van der Waals surface area (Å²) in [4.78, 5) is 23.1. The number of thioether (sulfide) groups is 1. The normalized spacial score (nSPS) is 19.7. The van der Waals surface area contributed by atoms with E-state index >= 15 is 0 Å². The first-order valence-electron chi connectivity index (χ1n) is 5.51. The number of carbonyl (C=O) groups excluding carboxylic acids is 2. The van der Waals surface area contributed by atoms with Gasteiger partial charge in [-0.05, 0) is 42.3 Å². The summed E-state index contributed by atoms with van der Waals surface area (Å²) in [7, 11) is 0. The highest BCUT2D eigenvalue weighted by molar-refractivity contribution is 8.18. The Morgan fingerprint density at radius 2 is 1.89 bits per heavy atom. The lowest BCUT2D eigenvalue weighted by molar-refractivity contribution is -0.115. The molecule has 1 aliphatic heterocycles.